The molecule has 5 aliphatic rings. The van der Waals surface area contributed by atoms with Crippen LogP contribution in [0.25, 0.3) is 0 Å². The van der Waals surface area contributed by atoms with Crippen molar-refractivity contribution in [1.29, 1.82) is 0 Å². The summed E-state index contributed by atoms with van der Waals surface area (Å²) in [6.07, 6.45) is 18.2. The molecule has 19 heteroatoms. The fraction of sp³-hybridized carbons (Fsp3) is 0.533. The molecule has 1 aliphatic heterocycles. The van der Waals surface area contributed by atoms with Crippen LogP contribution in [-0.4, -0.2) is 97.2 Å². The SMILES string of the molecule is O=C(CCCC(=O)Nc1ccc(C2=NNC(c3ccccn3)=NN2)nc1)NCCNC(=O)OC(CNC(=O)OCC1C2CCC=CCCC21)CNC(=O)OCC1C2CCC=CCCC21. The van der Waals surface area contributed by atoms with E-state index in [4.69, 9.17) is 14.2 Å². The van der Waals surface area contributed by atoms with Crippen LogP contribution in [0.1, 0.15) is 82.0 Å². The van der Waals surface area contributed by atoms with Gasteiger partial charge in [-0.1, -0.05) is 30.4 Å². The van der Waals surface area contributed by atoms with Gasteiger partial charge in [-0.2, -0.15) is 10.2 Å². The molecule has 4 unspecified atom stereocenters. The topological polar surface area (TPSA) is 248 Å². The lowest BCUT2D eigenvalue weighted by Crippen LogP contribution is -2.45. The minimum atomic E-state index is -0.931. The number of amidine groups is 2. The first-order valence-corrected chi connectivity index (χ1v) is 22.5. The highest BCUT2D eigenvalue weighted by atomic mass is 16.6. The minimum Gasteiger partial charge on any atom is -0.449 e. The van der Waals surface area contributed by atoms with E-state index in [-0.39, 0.29) is 50.8 Å². The number of amides is 5. The van der Waals surface area contributed by atoms with Crippen LogP contribution in [-0.2, 0) is 23.8 Å². The van der Waals surface area contributed by atoms with E-state index >= 15 is 0 Å². The van der Waals surface area contributed by atoms with Crippen LogP contribution >= 0.6 is 0 Å². The third-order valence-corrected chi connectivity index (χ3v) is 12.3. The highest BCUT2D eigenvalue weighted by molar-refractivity contribution is 6.04. The molecule has 2 saturated carbocycles. The minimum absolute atomic E-state index is 0.0555. The smallest absolute Gasteiger partial charge is 0.407 e. The second-order valence-corrected chi connectivity index (χ2v) is 16.7. The van der Waals surface area contributed by atoms with Gasteiger partial charge in [-0.05, 0) is 118 Å². The van der Waals surface area contributed by atoms with Gasteiger partial charge in [-0.25, -0.2) is 14.4 Å². The maximum atomic E-state index is 12.8. The summed E-state index contributed by atoms with van der Waals surface area (Å²) in [6, 6.07) is 8.82. The van der Waals surface area contributed by atoms with Crippen molar-refractivity contribution in [2.45, 2.75) is 76.7 Å². The molecule has 19 nitrogen and oxygen atoms in total. The molecule has 7 N–H and O–H groups in total. The molecule has 2 aromatic rings. The van der Waals surface area contributed by atoms with E-state index in [9.17, 15) is 24.0 Å². The Kier molecular flexibility index (Phi) is 16.5. The number of hydrogen-bond acceptors (Lipinski definition) is 14. The second-order valence-electron chi connectivity index (χ2n) is 16.7. The molecule has 0 aromatic carbocycles. The third kappa shape index (κ3) is 14.0. The Labute approximate surface area is 372 Å². The lowest BCUT2D eigenvalue weighted by Gasteiger charge is -2.19. The van der Waals surface area contributed by atoms with E-state index in [1.54, 1.807) is 30.5 Å². The molecule has 5 amide bonds. The van der Waals surface area contributed by atoms with Gasteiger partial charge in [0.25, 0.3) is 0 Å². The number of anilines is 1. The van der Waals surface area contributed by atoms with Crippen LogP contribution < -0.4 is 37.4 Å². The van der Waals surface area contributed by atoms with Crippen molar-refractivity contribution in [2.75, 3.05) is 44.7 Å². The highest BCUT2D eigenvalue weighted by Gasteiger charge is 2.50. The van der Waals surface area contributed by atoms with Gasteiger partial charge in [-0.15, -0.1) is 0 Å². The summed E-state index contributed by atoms with van der Waals surface area (Å²) in [4.78, 5) is 71.7. The molecular formula is C45H59N11O8. The summed E-state index contributed by atoms with van der Waals surface area (Å²) < 4.78 is 16.6. The van der Waals surface area contributed by atoms with Crippen molar-refractivity contribution in [3.05, 3.63) is 78.4 Å². The van der Waals surface area contributed by atoms with Crippen LogP contribution in [0.5, 0.6) is 0 Å². The Bertz CT molecular complexity index is 1960. The monoisotopic (exact) mass is 881 g/mol. The Balaban J connectivity index is 0.767. The fourth-order valence-electron chi connectivity index (χ4n) is 8.77. The number of pyridine rings is 2. The highest BCUT2D eigenvalue weighted by Crippen LogP contribution is 2.53. The van der Waals surface area contributed by atoms with Crippen molar-refractivity contribution < 1.29 is 38.2 Å². The molecule has 0 saturated heterocycles. The number of fused-ring (bicyclic) bond motifs is 2. The van der Waals surface area contributed by atoms with Crippen LogP contribution in [0, 0.1) is 35.5 Å². The predicted octanol–water partition coefficient (Wildman–Crippen LogP) is 4.45. The molecule has 4 atom stereocenters. The number of alkyl carbamates (subject to hydrolysis) is 3. The van der Waals surface area contributed by atoms with Gasteiger partial charge in [0.1, 0.15) is 17.5 Å². The van der Waals surface area contributed by atoms with Gasteiger partial charge < -0.3 is 40.8 Å². The predicted molar refractivity (Wildman–Crippen MR) is 236 cm³/mol. The van der Waals surface area contributed by atoms with Crippen LogP contribution in [0.3, 0.4) is 0 Å². The van der Waals surface area contributed by atoms with E-state index in [1.807, 2.05) is 6.07 Å². The van der Waals surface area contributed by atoms with Gasteiger partial charge in [-0.3, -0.25) is 30.4 Å². The number of aromatic nitrogens is 2. The van der Waals surface area contributed by atoms with Crippen molar-refractivity contribution in [3.63, 3.8) is 0 Å². The summed E-state index contributed by atoms with van der Waals surface area (Å²) in [5, 5.41) is 21.9. The Morgan fingerprint density at radius 3 is 1.69 bits per heavy atom. The molecule has 2 fully saturated rings. The van der Waals surface area contributed by atoms with Crippen LogP contribution in [0.4, 0.5) is 20.1 Å². The van der Waals surface area contributed by atoms with Gasteiger partial charge in [0.2, 0.25) is 11.8 Å². The first-order chi connectivity index (χ1) is 31.3. The summed E-state index contributed by atoms with van der Waals surface area (Å²) in [5.74, 6) is 3.31. The number of hydrogen-bond donors (Lipinski definition) is 7. The lowest BCUT2D eigenvalue weighted by molar-refractivity contribution is -0.121. The zero-order valence-electron chi connectivity index (χ0n) is 36.0. The largest absolute Gasteiger partial charge is 0.449 e. The molecule has 3 heterocycles. The van der Waals surface area contributed by atoms with E-state index in [1.165, 1.54) is 6.20 Å². The third-order valence-electron chi connectivity index (χ3n) is 12.3. The Hall–Kier alpha value is -6.53. The van der Waals surface area contributed by atoms with E-state index < -0.39 is 24.4 Å². The van der Waals surface area contributed by atoms with E-state index in [2.05, 4.69) is 81.9 Å². The zero-order chi connectivity index (χ0) is 44.5. The average molecular weight is 882 g/mol. The number of carbonyl (C=O) groups is 5. The van der Waals surface area contributed by atoms with Gasteiger partial charge in [0.05, 0.1) is 38.2 Å². The van der Waals surface area contributed by atoms with Crippen LogP contribution in [0.15, 0.2) is 77.2 Å². The number of hydrazone groups is 2. The van der Waals surface area contributed by atoms with Gasteiger partial charge in [0.15, 0.2) is 11.7 Å². The number of carbonyl (C=O) groups excluding carboxylic acids is 5. The second kappa shape index (κ2) is 23.2. The summed E-state index contributed by atoms with van der Waals surface area (Å²) in [7, 11) is 0. The fourth-order valence-corrected chi connectivity index (χ4v) is 8.77. The average Bonchev–Trinajstić information content (AvgIpc) is 4.16. The lowest BCUT2D eigenvalue weighted by atomic mass is 10.1. The zero-order valence-corrected chi connectivity index (χ0v) is 36.0. The van der Waals surface area contributed by atoms with E-state index in [0.717, 1.165) is 51.4 Å². The maximum Gasteiger partial charge on any atom is 0.407 e. The molecule has 0 spiro atoms. The number of allylic oxidation sites excluding steroid dienone is 4. The summed E-state index contributed by atoms with van der Waals surface area (Å²) >= 11 is 0. The van der Waals surface area contributed by atoms with E-state index in [0.29, 0.717) is 83.9 Å². The number of nitrogens with one attached hydrogen (secondary N) is 7. The van der Waals surface area contributed by atoms with Gasteiger partial charge in [0, 0.05) is 32.1 Å². The summed E-state index contributed by atoms with van der Waals surface area (Å²) in [6.45, 7) is 0.635. The maximum absolute atomic E-state index is 12.8. The summed E-state index contributed by atoms with van der Waals surface area (Å²) in [5.41, 5.74) is 7.31. The first-order valence-electron chi connectivity index (χ1n) is 22.5. The quantitative estimate of drug-likeness (QED) is 0.0588. The number of ether oxygens (including phenoxy) is 3. The molecule has 64 heavy (non-hydrogen) atoms. The molecule has 4 aliphatic carbocycles. The standard InChI is InChI=1S/C45H59N11O8/c57-39(17-11-18-40(58)52-29-19-20-38(49-24-29)42-55-53-41(54-56-42)37-16-9-10-21-46-37)47-22-23-48-45(61)64-30(25-50-43(59)62-27-35-31-12-5-1-2-6-13-32(31)35)26-51-44(60)63-28-36-33-14-7-3-4-8-15-34(33)36/h1-4,9-10,16,19-21,24,30-36H,5-8,11-15,17-18,22-23,25-28H2,(H,47,57)(H,48,61)(H,50,59)(H,51,60)(H,52,58)(H,53,54)(H,55,56). The number of rotatable bonds is 19. The Morgan fingerprint density at radius 2 is 1.17 bits per heavy atom. The number of nitrogens with zero attached hydrogens (tertiary/aromatic N) is 4. The van der Waals surface area contributed by atoms with Crippen molar-refractivity contribution in [3.8, 4) is 0 Å². The Morgan fingerprint density at radius 1 is 0.625 bits per heavy atom. The first kappa shape index (κ1) is 45.5. The normalized spacial score (nSPS) is 23.3. The molecule has 0 radical (unpaired) electrons. The van der Waals surface area contributed by atoms with Crippen LogP contribution in [0.2, 0.25) is 0 Å². The van der Waals surface area contributed by atoms with Crippen molar-refractivity contribution in [2.24, 2.45) is 45.7 Å². The van der Waals surface area contributed by atoms with Gasteiger partial charge >= 0.3 is 18.3 Å². The molecule has 2 aromatic heterocycles. The molecule has 7 rings (SSSR count). The molecular weight excluding hydrogens is 823 g/mol. The molecule has 342 valence electrons. The van der Waals surface area contributed by atoms with Crippen molar-refractivity contribution >= 4 is 47.5 Å². The van der Waals surface area contributed by atoms with Crippen molar-refractivity contribution in [1.82, 2.24) is 42.1 Å². The molecule has 0 bridgehead atoms.